The van der Waals surface area contributed by atoms with E-state index in [4.69, 9.17) is 0 Å². The maximum atomic E-state index is 10.3. The molecule has 0 aromatic heterocycles. The molecule has 1 atom stereocenters. The van der Waals surface area contributed by atoms with Crippen molar-refractivity contribution in [3.63, 3.8) is 0 Å². The summed E-state index contributed by atoms with van der Waals surface area (Å²) in [6.45, 7) is 0. The fourth-order valence-electron chi connectivity index (χ4n) is 1.74. The van der Waals surface area contributed by atoms with Crippen LogP contribution in [0.2, 0.25) is 0 Å². The lowest BCUT2D eigenvalue weighted by molar-refractivity contribution is 0.219. The molecule has 88 valence electrons. The molecule has 3 heteroatoms. The highest BCUT2D eigenvalue weighted by molar-refractivity contribution is 9.10. The summed E-state index contributed by atoms with van der Waals surface area (Å²) in [5.41, 5.74) is 2.75. The first-order chi connectivity index (χ1) is 8.22. The van der Waals surface area contributed by atoms with Gasteiger partial charge in [0.2, 0.25) is 0 Å². The van der Waals surface area contributed by atoms with Gasteiger partial charge in [-0.1, -0.05) is 46.3 Å². The topological polar surface area (TPSA) is 32.3 Å². The van der Waals surface area contributed by atoms with E-state index in [1.807, 2.05) is 55.6 Å². The first-order valence-corrected chi connectivity index (χ1v) is 6.22. The molecule has 2 nitrogen and oxygen atoms in total. The molecule has 0 aliphatic rings. The molecule has 0 radical (unpaired) electrons. The number of halogens is 1. The van der Waals surface area contributed by atoms with Crippen molar-refractivity contribution in [2.45, 2.75) is 6.10 Å². The van der Waals surface area contributed by atoms with Crippen LogP contribution in [-0.4, -0.2) is 12.2 Å². The molecule has 0 aliphatic carbocycles. The Kier molecular flexibility index (Phi) is 3.82. The largest absolute Gasteiger partial charge is 0.388 e. The fraction of sp³-hybridized carbons (Fsp3) is 0.143. The number of nitrogens with one attached hydrogen (secondary N) is 1. The number of rotatable bonds is 3. The van der Waals surface area contributed by atoms with Crippen molar-refractivity contribution in [2.24, 2.45) is 0 Å². The smallest absolute Gasteiger partial charge is 0.105 e. The van der Waals surface area contributed by atoms with Crippen molar-refractivity contribution < 1.29 is 5.11 Å². The number of aliphatic hydroxyl groups is 1. The Bertz CT molecular complexity index is 513. The van der Waals surface area contributed by atoms with E-state index in [1.54, 1.807) is 0 Å². The molecule has 0 saturated carbocycles. The molecule has 0 spiro atoms. The van der Waals surface area contributed by atoms with E-state index in [0.717, 1.165) is 21.3 Å². The fourth-order valence-corrected chi connectivity index (χ4v) is 2.24. The third-order valence-corrected chi connectivity index (χ3v) is 3.41. The van der Waals surface area contributed by atoms with Crippen LogP contribution < -0.4 is 5.32 Å². The molecule has 0 saturated heterocycles. The van der Waals surface area contributed by atoms with Gasteiger partial charge in [-0.25, -0.2) is 0 Å². The summed E-state index contributed by atoms with van der Waals surface area (Å²) < 4.78 is 0.919. The number of anilines is 1. The monoisotopic (exact) mass is 291 g/mol. The van der Waals surface area contributed by atoms with Gasteiger partial charge in [-0.3, -0.25) is 0 Å². The molecule has 2 rings (SSSR count). The van der Waals surface area contributed by atoms with Crippen molar-refractivity contribution >= 4 is 21.6 Å². The number of hydrogen-bond donors (Lipinski definition) is 2. The standard InChI is InChI=1S/C14H14BrNO/c1-16-11-6-4-5-10(9-11)14(17)12-7-2-3-8-13(12)15/h2-9,14,16-17H,1H3. The molecule has 0 amide bonds. The molecule has 1 unspecified atom stereocenters. The van der Waals surface area contributed by atoms with E-state index in [9.17, 15) is 5.11 Å². The lowest BCUT2D eigenvalue weighted by Crippen LogP contribution is -2.01. The van der Waals surface area contributed by atoms with Crippen molar-refractivity contribution in [3.8, 4) is 0 Å². The van der Waals surface area contributed by atoms with Crippen molar-refractivity contribution in [1.82, 2.24) is 0 Å². The molecular formula is C14H14BrNO. The highest BCUT2D eigenvalue weighted by atomic mass is 79.9. The number of benzene rings is 2. The highest BCUT2D eigenvalue weighted by Gasteiger charge is 2.13. The van der Waals surface area contributed by atoms with Crippen LogP contribution in [0.4, 0.5) is 5.69 Å². The van der Waals surface area contributed by atoms with E-state index in [0.29, 0.717) is 0 Å². The van der Waals surface area contributed by atoms with Gasteiger partial charge in [-0.05, 0) is 29.3 Å². The lowest BCUT2D eigenvalue weighted by atomic mass is 10.0. The van der Waals surface area contributed by atoms with Crippen LogP contribution in [0.3, 0.4) is 0 Å². The SMILES string of the molecule is CNc1cccc(C(O)c2ccccc2Br)c1. The first-order valence-electron chi connectivity index (χ1n) is 5.42. The molecule has 2 aromatic rings. The molecule has 2 N–H and O–H groups in total. The van der Waals surface area contributed by atoms with Gasteiger partial charge in [-0.15, -0.1) is 0 Å². The van der Waals surface area contributed by atoms with Crippen molar-refractivity contribution in [1.29, 1.82) is 0 Å². The summed E-state index contributed by atoms with van der Waals surface area (Å²) in [6, 6.07) is 15.5. The van der Waals surface area contributed by atoms with Gasteiger partial charge in [0.15, 0.2) is 0 Å². The van der Waals surface area contributed by atoms with Gasteiger partial charge >= 0.3 is 0 Å². The summed E-state index contributed by atoms with van der Waals surface area (Å²) in [6.07, 6.45) is -0.612. The molecular weight excluding hydrogens is 278 g/mol. The zero-order chi connectivity index (χ0) is 12.3. The summed E-state index contributed by atoms with van der Waals surface area (Å²) >= 11 is 3.45. The van der Waals surface area contributed by atoms with Crippen LogP contribution in [0.15, 0.2) is 53.0 Å². The Morgan fingerprint density at radius 2 is 1.88 bits per heavy atom. The minimum absolute atomic E-state index is 0.612. The quantitative estimate of drug-likeness (QED) is 0.906. The Labute approximate surface area is 109 Å². The molecule has 0 fully saturated rings. The number of aliphatic hydroxyl groups excluding tert-OH is 1. The van der Waals surface area contributed by atoms with E-state index in [-0.39, 0.29) is 0 Å². The molecule has 17 heavy (non-hydrogen) atoms. The Hall–Kier alpha value is -1.32. The normalized spacial score (nSPS) is 12.2. The van der Waals surface area contributed by atoms with Crippen LogP contribution >= 0.6 is 15.9 Å². The van der Waals surface area contributed by atoms with Crippen LogP contribution in [-0.2, 0) is 0 Å². The van der Waals surface area contributed by atoms with E-state index in [2.05, 4.69) is 21.2 Å². The van der Waals surface area contributed by atoms with Crippen LogP contribution in [0.25, 0.3) is 0 Å². The molecule has 0 aliphatic heterocycles. The second-order valence-electron chi connectivity index (χ2n) is 3.80. The Morgan fingerprint density at radius 3 is 2.59 bits per heavy atom. The highest BCUT2D eigenvalue weighted by Crippen LogP contribution is 2.29. The van der Waals surface area contributed by atoms with Crippen LogP contribution in [0.5, 0.6) is 0 Å². The second-order valence-corrected chi connectivity index (χ2v) is 4.65. The Balaban J connectivity index is 2.37. The Morgan fingerprint density at radius 1 is 1.12 bits per heavy atom. The van der Waals surface area contributed by atoms with Crippen molar-refractivity contribution in [2.75, 3.05) is 12.4 Å². The molecule has 2 aromatic carbocycles. The van der Waals surface area contributed by atoms with Gasteiger partial charge in [0.05, 0.1) is 0 Å². The van der Waals surface area contributed by atoms with E-state index >= 15 is 0 Å². The summed E-state index contributed by atoms with van der Waals surface area (Å²) in [5.74, 6) is 0. The summed E-state index contributed by atoms with van der Waals surface area (Å²) in [7, 11) is 1.87. The second kappa shape index (κ2) is 5.34. The van der Waals surface area contributed by atoms with Gasteiger partial charge in [0.1, 0.15) is 6.10 Å². The van der Waals surface area contributed by atoms with Crippen LogP contribution in [0, 0.1) is 0 Å². The summed E-state index contributed by atoms with van der Waals surface area (Å²) in [4.78, 5) is 0. The van der Waals surface area contributed by atoms with Crippen LogP contribution in [0.1, 0.15) is 17.2 Å². The lowest BCUT2D eigenvalue weighted by Gasteiger charge is -2.14. The van der Waals surface area contributed by atoms with Crippen molar-refractivity contribution in [3.05, 3.63) is 64.1 Å². The minimum atomic E-state index is -0.612. The molecule has 0 bridgehead atoms. The average Bonchev–Trinajstić information content (AvgIpc) is 2.38. The third-order valence-electron chi connectivity index (χ3n) is 2.69. The summed E-state index contributed by atoms with van der Waals surface area (Å²) in [5, 5.41) is 13.4. The van der Waals surface area contributed by atoms with Gasteiger partial charge in [0.25, 0.3) is 0 Å². The zero-order valence-corrected chi connectivity index (χ0v) is 11.1. The average molecular weight is 292 g/mol. The third kappa shape index (κ3) is 2.68. The van der Waals surface area contributed by atoms with Gasteiger partial charge in [0, 0.05) is 17.2 Å². The van der Waals surface area contributed by atoms with E-state index in [1.165, 1.54) is 0 Å². The number of hydrogen-bond acceptors (Lipinski definition) is 2. The first kappa shape index (κ1) is 12.1. The molecule has 0 heterocycles. The van der Waals surface area contributed by atoms with Gasteiger partial charge < -0.3 is 10.4 Å². The van der Waals surface area contributed by atoms with Gasteiger partial charge in [-0.2, -0.15) is 0 Å². The van der Waals surface area contributed by atoms with E-state index < -0.39 is 6.10 Å². The minimum Gasteiger partial charge on any atom is -0.388 e. The predicted molar refractivity (Wildman–Crippen MR) is 74.2 cm³/mol. The zero-order valence-electron chi connectivity index (χ0n) is 9.52. The predicted octanol–water partition coefficient (Wildman–Crippen LogP) is 3.57. The maximum Gasteiger partial charge on any atom is 0.105 e. The maximum absolute atomic E-state index is 10.3.